The Morgan fingerprint density at radius 1 is 1.19 bits per heavy atom. The topological polar surface area (TPSA) is 63.5 Å². The van der Waals surface area contributed by atoms with E-state index in [2.05, 4.69) is 0 Å². The van der Waals surface area contributed by atoms with Crippen LogP contribution in [0.2, 0.25) is 0 Å². The van der Waals surface area contributed by atoms with E-state index in [0.29, 0.717) is 5.69 Å². The Morgan fingerprint density at radius 2 is 1.81 bits per heavy atom. The molecule has 2 aromatic carbocycles. The first-order valence-electron chi connectivity index (χ1n) is 6.19. The van der Waals surface area contributed by atoms with Crippen LogP contribution in [0.15, 0.2) is 42.5 Å². The number of halogens is 1. The fourth-order valence-electron chi connectivity index (χ4n) is 1.89. The molecule has 0 N–H and O–H groups in total. The van der Waals surface area contributed by atoms with Crippen molar-refractivity contribution in [1.29, 1.82) is 0 Å². The predicted molar refractivity (Wildman–Crippen MR) is 77.0 cm³/mol. The molecule has 21 heavy (non-hydrogen) atoms. The van der Waals surface area contributed by atoms with Crippen molar-refractivity contribution in [1.82, 2.24) is 0 Å². The predicted octanol–water partition coefficient (Wildman–Crippen LogP) is 3.32. The van der Waals surface area contributed by atoms with E-state index in [9.17, 15) is 19.3 Å². The third-order valence-electron chi connectivity index (χ3n) is 3.11. The Bertz CT molecular complexity index is 699. The van der Waals surface area contributed by atoms with Gasteiger partial charge in [-0.1, -0.05) is 6.07 Å². The summed E-state index contributed by atoms with van der Waals surface area (Å²) in [7, 11) is 1.49. The van der Waals surface area contributed by atoms with Crippen LogP contribution in [-0.2, 0) is 0 Å². The van der Waals surface area contributed by atoms with Crippen molar-refractivity contribution >= 4 is 17.3 Å². The maximum atomic E-state index is 13.8. The van der Waals surface area contributed by atoms with E-state index in [1.807, 2.05) is 0 Å². The van der Waals surface area contributed by atoms with Crippen LogP contribution in [0.5, 0.6) is 0 Å². The first kappa shape index (κ1) is 14.6. The smallest absolute Gasteiger partial charge is 0.269 e. The number of hydrogen-bond donors (Lipinski definition) is 0. The molecule has 0 saturated heterocycles. The molecular weight excluding hydrogens is 275 g/mol. The molecule has 0 aliphatic rings. The number of carbonyl (C=O) groups is 1. The fourth-order valence-corrected chi connectivity index (χ4v) is 1.89. The van der Waals surface area contributed by atoms with Crippen molar-refractivity contribution in [3.8, 4) is 0 Å². The summed E-state index contributed by atoms with van der Waals surface area (Å²) in [5.74, 6) is -1.10. The Morgan fingerprint density at radius 3 is 2.33 bits per heavy atom. The third-order valence-corrected chi connectivity index (χ3v) is 3.11. The molecule has 2 aromatic rings. The lowest BCUT2D eigenvalue weighted by Gasteiger charge is -2.17. The number of carbonyl (C=O) groups excluding carboxylic acids is 1. The highest BCUT2D eigenvalue weighted by atomic mass is 19.1. The molecule has 0 spiro atoms. The average Bonchev–Trinajstić information content (AvgIpc) is 2.46. The molecule has 0 aromatic heterocycles. The van der Waals surface area contributed by atoms with Crippen molar-refractivity contribution in [3.63, 3.8) is 0 Å². The van der Waals surface area contributed by atoms with E-state index < -0.39 is 16.6 Å². The van der Waals surface area contributed by atoms with Gasteiger partial charge in [-0.3, -0.25) is 14.9 Å². The monoisotopic (exact) mass is 288 g/mol. The summed E-state index contributed by atoms with van der Waals surface area (Å²) in [4.78, 5) is 23.6. The van der Waals surface area contributed by atoms with Gasteiger partial charge in [-0.05, 0) is 36.8 Å². The summed E-state index contributed by atoms with van der Waals surface area (Å²) in [6.45, 7) is 1.73. The van der Waals surface area contributed by atoms with E-state index in [4.69, 9.17) is 0 Å². The third kappa shape index (κ3) is 3.05. The van der Waals surface area contributed by atoms with Crippen molar-refractivity contribution in [2.45, 2.75) is 6.92 Å². The molecule has 6 heteroatoms. The molecule has 0 saturated carbocycles. The number of non-ortho nitro benzene ring substituents is 1. The second-order valence-electron chi connectivity index (χ2n) is 4.62. The van der Waals surface area contributed by atoms with Crippen molar-refractivity contribution < 1.29 is 14.1 Å². The number of hydrogen-bond acceptors (Lipinski definition) is 3. The molecule has 0 fully saturated rings. The van der Waals surface area contributed by atoms with Gasteiger partial charge in [0.2, 0.25) is 0 Å². The number of nitro benzene ring substituents is 1. The van der Waals surface area contributed by atoms with Crippen LogP contribution < -0.4 is 4.90 Å². The Hall–Kier alpha value is -2.76. The van der Waals surface area contributed by atoms with Crippen molar-refractivity contribution in [2.24, 2.45) is 0 Å². The van der Waals surface area contributed by atoms with E-state index >= 15 is 0 Å². The van der Waals surface area contributed by atoms with E-state index in [1.54, 1.807) is 13.0 Å². The zero-order valence-electron chi connectivity index (χ0n) is 11.5. The van der Waals surface area contributed by atoms with Gasteiger partial charge in [0.25, 0.3) is 11.6 Å². The minimum Gasteiger partial charge on any atom is -0.311 e. The summed E-state index contributed by atoms with van der Waals surface area (Å²) >= 11 is 0. The van der Waals surface area contributed by atoms with Gasteiger partial charge in [0.05, 0.1) is 10.5 Å². The summed E-state index contributed by atoms with van der Waals surface area (Å²) in [6.07, 6.45) is 0. The molecule has 0 unspecified atom stereocenters. The molecule has 0 bridgehead atoms. The van der Waals surface area contributed by atoms with Crippen molar-refractivity contribution in [2.75, 3.05) is 11.9 Å². The lowest BCUT2D eigenvalue weighted by Crippen LogP contribution is -2.27. The SMILES string of the molecule is Cc1ccc(C(=O)N(C)c2ccc([N+](=O)[O-])cc2)c(F)c1. The van der Waals surface area contributed by atoms with Crippen LogP contribution >= 0.6 is 0 Å². The van der Waals surface area contributed by atoms with Gasteiger partial charge in [0.1, 0.15) is 5.82 Å². The number of aryl methyl sites for hydroxylation is 1. The van der Waals surface area contributed by atoms with Gasteiger partial charge in [0.15, 0.2) is 0 Å². The normalized spacial score (nSPS) is 10.2. The average molecular weight is 288 g/mol. The Balaban J connectivity index is 2.28. The molecule has 1 amide bonds. The molecule has 0 aliphatic carbocycles. The molecule has 0 aliphatic heterocycles. The second kappa shape index (κ2) is 5.70. The Kier molecular flexibility index (Phi) is 3.98. The summed E-state index contributed by atoms with van der Waals surface area (Å²) in [5, 5.41) is 10.6. The number of nitrogens with zero attached hydrogens (tertiary/aromatic N) is 2. The number of benzene rings is 2. The van der Waals surface area contributed by atoms with Crippen LogP contribution in [0.1, 0.15) is 15.9 Å². The number of anilines is 1. The minimum atomic E-state index is -0.589. The summed E-state index contributed by atoms with van der Waals surface area (Å²) in [6, 6.07) is 9.85. The molecule has 2 rings (SSSR count). The van der Waals surface area contributed by atoms with Gasteiger partial charge in [-0.25, -0.2) is 4.39 Å². The van der Waals surface area contributed by atoms with Crippen LogP contribution in [-0.4, -0.2) is 17.9 Å². The largest absolute Gasteiger partial charge is 0.311 e. The first-order chi connectivity index (χ1) is 9.90. The quantitative estimate of drug-likeness (QED) is 0.643. The molecule has 0 heterocycles. The second-order valence-corrected chi connectivity index (χ2v) is 4.62. The van der Waals surface area contributed by atoms with Gasteiger partial charge >= 0.3 is 0 Å². The highest BCUT2D eigenvalue weighted by Gasteiger charge is 2.18. The molecule has 5 nitrogen and oxygen atoms in total. The number of nitro groups is 1. The standard InChI is InChI=1S/C15H13FN2O3/c1-10-3-8-13(14(16)9-10)15(19)17(2)11-4-6-12(7-5-11)18(20)21/h3-9H,1-2H3. The highest BCUT2D eigenvalue weighted by Crippen LogP contribution is 2.21. The van der Waals surface area contributed by atoms with Gasteiger partial charge in [0, 0.05) is 24.9 Å². The van der Waals surface area contributed by atoms with E-state index in [0.717, 1.165) is 5.56 Å². The van der Waals surface area contributed by atoms with E-state index in [-0.39, 0.29) is 11.3 Å². The van der Waals surface area contributed by atoms with Crippen LogP contribution in [0.25, 0.3) is 0 Å². The van der Waals surface area contributed by atoms with Gasteiger partial charge in [-0.15, -0.1) is 0 Å². The maximum absolute atomic E-state index is 13.8. The minimum absolute atomic E-state index is 0.0403. The van der Waals surface area contributed by atoms with E-state index in [1.165, 1.54) is 48.3 Å². The van der Waals surface area contributed by atoms with Gasteiger partial charge < -0.3 is 4.90 Å². The highest BCUT2D eigenvalue weighted by molar-refractivity contribution is 6.05. The number of rotatable bonds is 3. The fraction of sp³-hybridized carbons (Fsp3) is 0.133. The molecule has 0 radical (unpaired) electrons. The first-order valence-corrected chi connectivity index (χ1v) is 6.19. The van der Waals surface area contributed by atoms with Crippen LogP contribution in [0.3, 0.4) is 0 Å². The van der Waals surface area contributed by atoms with Crippen LogP contribution in [0.4, 0.5) is 15.8 Å². The maximum Gasteiger partial charge on any atom is 0.269 e. The lowest BCUT2D eigenvalue weighted by molar-refractivity contribution is -0.384. The Labute approximate surface area is 120 Å². The van der Waals surface area contributed by atoms with Crippen molar-refractivity contribution in [3.05, 3.63) is 69.5 Å². The molecular formula is C15H13FN2O3. The zero-order valence-corrected chi connectivity index (χ0v) is 11.5. The summed E-state index contributed by atoms with van der Waals surface area (Å²) in [5.41, 5.74) is 1.06. The zero-order chi connectivity index (χ0) is 15.6. The summed E-state index contributed by atoms with van der Waals surface area (Å²) < 4.78 is 13.8. The van der Waals surface area contributed by atoms with Crippen LogP contribution in [0, 0.1) is 22.9 Å². The number of amides is 1. The van der Waals surface area contributed by atoms with Gasteiger partial charge in [-0.2, -0.15) is 0 Å². The molecule has 0 atom stereocenters. The lowest BCUT2D eigenvalue weighted by atomic mass is 10.1. The molecule has 108 valence electrons.